The molecule has 1 aromatic heterocycles. The molecule has 2 amide bonds. The molecule has 90 valence electrons. The third kappa shape index (κ3) is 2.21. The third-order valence-electron chi connectivity index (χ3n) is 2.50. The zero-order chi connectivity index (χ0) is 12.6. The van der Waals surface area contributed by atoms with E-state index in [-0.39, 0.29) is 23.2 Å². The minimum atomic E-state index is -0.768. The summed E-state index contributed by atoms with van der Waals surface area (Å²) >= 11 is 5.55. The van der Waals surface area contributed by atoms with Crippen LogP contribution in [0.5, 0.6) is 0 Å². The molecule has 0 saturated carbocycles. The van der Waals surface area contributed by atoms with Crippen molar-refractivity contribution in [2.75, 3.05) is 12.4 Å². The van der Waals surface area contributed by atoms with Gasteiger partial charge in [-0.2, -0.15) is 0 Å². The van der Waals surface area contributed by atoms with Crippen molar-refractivity contribution in [3.8, 4) is 0 Å². The van der Waals surface area contributed by atoms with Gasteiger partial charge in [0.2, 0.25) is 5.91 Å². The fraction of sp³-hybridized carbons (Fsp3) is 0.300. The van der Waals surface area contributed by atoms with E-state index in [4.69, 9.17) is 11.6 Å². The average Bonchev–Trinajstić information content (AvgIpc) is 2.50. The van der Waals surface area contributed by atoms with Crippen LogP contribution in [0, 0.1) is 5.82 Å². The van der Waals surface area contributed by atoms with Crippen molar-refractivity contribution in [2.24, 2.45) is 0 Å². The van der Waals surface area contributed by atoms with Gasteiger partial charge in [-0.25, -0.2) is 9.37 Å². The summed E-state index contributed by atoms with van der Waals surface area (Å²) in [7, 11) is 1.39. The number of aromatic nitrogens is 1. The normalized spacial score (nSPS) is 19.9. The molecule has 0 spiro atoms. The highest BCUT2D eigenvalue weighted by atomic mass is 35.5. The predicted molar refractivity (Wildman–Crippen MR) is 59.0 cm³/mol. The summed E-state index contributed by atoms with van der Waals surface area (Å²) in [6.45, 7) is 0. The van der Waals surface area contributed by atoms with Gasteiger partial charge in [-0.3, -0.25) is 14.5 Å². The maximum Gasteiger partial charge on any atom is 0.251 e. The third-order valence-corrected chi connectivity index (χ3v) is 2.71. The van der Waals surface area contributed by atoms with Crippen LogP contribution in [0.3, 0.4) is 0 Å². The van der Waals surface area contributed by atoms with E-state index in [2.05, 4.69) is 10.3 Å². The summed E-state index contributed by atoms with van der Waals surface area (Å²) < 4.78 is 13.4. The minimum absolute atomic E-state index is 0.000913. The molecule has 0 aromatic carbocycles. The summed E-state index contributed by atoms with van der Waals surface area (Å²) in [5.74, 6) is -1.45. The van der Waals surface area contributed by atoms with Gasteiger partial charge in [0, 0.05) is 13.2 Å². The molecule has 1 unspecified atom stereocenters. The number of rotatable bonds is 2. The Morgan fingerprint density at radius 1 is 1.59 bits per heavy atom. The highest BCUT2D eigenvalue weighted by molar-refractivity contribution is 6.30. The number of imide groups is 1. The number of carbonyl (C=O) groups excluding carboxylic acids is 2. The van der Waals surface area contributed by atoms with E-state index in [1.165, 1.54) is 13.2 Å². The molecule has 7 heteroatoms. The van der Waals surface area contributed by atoms with E-state index in [0.29, 0.717) is 0 Å². The van der Waals surface area contributed by atoms with Crippen LogP contribution in [0.1, 0.15) is 6.42 Å². The Balaban J connectivity index is 2.17. The number of pyridine rings is 1. The lowest BCUT2D eigenvalue weighted by molar-refractivity contribution is -0.136. The van der Waals surface area contributed by atoms with Gasteiger partial charge in [-0.1, -0.05) is 11.6 Å². The van der Waals surface area contributed by atoms with Crippen LogP contribution in [0.2, 0.25) is 5.02 Å². The van der Waals surface area contributed by atoms with Gasteiger partial charge < -0.3 is 5.32 Å². The zero-order valence-electron chi connectivity index (χ0n) is 8.91. The molecule has 0 aliphatic carbocycles. The first kappa shape index (κ1) is 11.8. The lowest BCUT2D eigenvalue weighted by Gasteiger charge is -2.12. The van der Waals surface area contributed by atoms with E-state index in [1.807, 2.05) is 0 Å². The van der Waals surface area contributed by atoms with Crippen LogP contribution in [0.15, 0.2) is 12.3 Å². The highest BCUT2D eigenvalue weighted by Crippen LogP contribution is 2.20. The van der Waals surface area contributed by atoms with Crippen molar-refractivity contribution < 1.29 is 14.0 Å². The van der Waals surface area contributed by atoms with Crippen LogP contribution in [0.4, 0.5) is 10.2 Å². The van der Waals surface area contributed by atoms with Crippen molar-refractivity contribution in [3.63, 3.8) is 0 Å². The van der Waals surface area contributed by atoms with Crippen LogP contribution < -0.4 is 5.32 Å². The molecule has 1 N–H and O–H groups in total. The fourth-order valence-corrected chi connectivity index (χ4v) is 1.70. The van der Waals surface area contributed by atoms with E-state index < -0.39 is 17.8 Å². The summed E-state index contributed by atoms with van der Waals surface area (Å²) in [5, 5.41) is 2.76. The number of anilines is 1. The van der Waals surface area contributed by atoms with Gasteiger partial charge in [0.15, 0.2) is 11.6 Å². The fourth-order valence-electron chi connectivity index (χ4n) is 1.55. The molecule has 0 radical (unpaired) electrons. The van der Waals surface area contributed by atoms with Gasteiger partial charge in [0.05, 0.1) is 11.4 Å². The van der Waals surface area contributed by atoms with Gasteiger partial charge in [0.25, 0.3) is 5.91 Å². The van der Waals surface area contributed by atoms with Crippen molar-refractivity contribution in [2.45, 2.75) is 12.5 Å². The maximum absolute atomic E-state index is 13.4. The first-order valence-corrected chi connectivity index (χ1v) is 5.25. The number of likely N-dealkylation sites (tertiary alicyclic amines) is 1. The van der Waals surface area contributed by atoms with Crippen molar-refractivity contribution in [1.29, 1.82) is 0 Å². The second-order valence-corrected chi connectivity index (χ2v) is 4.11. The summed E-state index contributed by atoms with van der Waals surface area (Å²) in [5.41, 5.74) is 0. The lowest BCUT2D eigenvalue weighted by Crippen LogP contribution is -2.32. The molecule has 1 saturated heterocycles. The Hall–Kier alpha value is -1.69. The Labute approximate surface area is 102 Å². The van der Waals surface area contributed by atoms with E-state index >= 15 is 0 Å². The largest absolute Gasteiger partial charge is 0.356 e. The Morgan fingerprint density at radius 2 is 2.29 bits per heavy atom. The van der Waals surface area contributed by atoms with E-state index in [9.17, 15) is 14.0 Å². The quantitative estimate of drug-likeness (QED) is 0.805. The standard InChI is InChI=1S/C10H9ClFN3O2/c1-15-8(16)3-7(10(15)17)14-9-6(12)2-5(11)4-13-9/h2,4,7H,3H2,1H3,(H,13,14). The Morgan fingerprint density at radius 3 is 2.82 bits per heavy atom. The Kier molecular flexibility index (Phi) is 2.97. The van der Waals surface area contributed by atoms with E-state index in [1.54, 1.807) is 0 Å². The van der Waals surface area contributed by atoms with Crippen LogP contribution in [-0.4, -0.2) is 34.8 Å². The molecule has 1 fully saturated rings. The molecular weight excluding hydrogens is 249 g/mol. The van der Waals surface area contributed by atoms with Crippen LogP contribution >= 0.6 is 11.6 Å². The zero-order valence-corrected chi connectivity index (χ0v) is 9.66. The number of halogens is 2. The van der Waals surface area contributed by atoms with E-state index in [0.717, 1.165) is 11.0 Å². The molecule has 17 heavy (non-hydrogen) atoms. The molecular formula is C10H9ClFN3O2. The second kappa shape index (κ2) is 4.29. The minimum Gasteiger partial charge on any atom is -0.356 e. The first-order chi connectivity index (χ1) is 7.99. The van der Waals surface area contributed by atoms with Crippen molar-refractivity contribution >= 4 is 29.2 Å². The topological polar surface area (TPSA) is 62.3 Å². The highest BCUT2D eigenvalue weighted by Gasteiger charge is 2.36. The molecule has 1 aromatic rings. The van der Waals surface area contributed by atoms with Crippen molar-refractivity contribution in [3.05, 3.63) is 23.1 Å². The lowest BCUT2D eigenvalue weighted by atomic mass is 10.2. The Bertz CT molecular complexity index is 494. The number of hydrogen-bond acceptors (Lipinski definition) is 4. The SMILES string of the molecule is CN1C(=O)CC(Nc2ncc(Cl)cc2F)C1=O. The van der Waals surface area contributed by atoms with Crippen LogP contribution in [0.25, 0.3) is 0 Å². The van der Waals surface area contributed by atoms with Gasteiger partial charge in [-0.05, 0) is 6.07 Å². The molecule has 5 nitrogen and oxygen atoms in total. The average molecular weight is 258 g/mol. The summed E-state index contributed by atoms with van der Waals surface area (Å²) in [6.07, 6.45) is 1.26. The number of hydrogen-bond donors (Lipinski definition) is 1. The van der Waals surface area contributed by atoms with Crippen molar-refractivity contribution in [1.82, 2.24) is 9.88 Å². The van der Waals surface area contributed by atoms with Gasteiger partial charge in [0.1, 0.15) is 6.04 Å². The van der Waals surface area contributed by atoms with Crippen LogP contribution in [-0.2, 0) is 9.59 Å². The summed E-state index contributed by atoms with van der Waals surface area (Å²) in [4.78, 5) is 27.5. The number of nitrogens with one attached hydrogen (secondary N) is 1. The predicted octanol–water partition coefficient (Wildman–Crippen LogP) is 1.04. The number of amides is 2. The molecule has 1 aliphatic rings. The number of carbonyl (C=O) groups is 2. The molecule has 2 rings (SSSR count). The molecule has 0 bridgehead atoms. The number of likely N-dealkylation sites (N-methyl/N-ethyl adjacent to an activating group) is 1. The second-order valence-electron chi connectivity index (χ2n) is 3.68. The molecule has 1 atom stereocenters. The monoisotopic (exact) mass is 257 g/mol. The van der Waals surface area contributed by atoms with Gasteiger partial charge >= 0.3 is 0 Å². The number of nitrogens with zero attached hydrogens (tertiary/aromatic N) is 2. The maximum atomic E-state index is 13.4. The van der Waals surface area contributed by atoms with Gasteiger partial charge in [-0.15, -0.1) is 0 Å². The smallest absolute Gasteiger partial charge is 0.251 e. The molecule has 2 heterocycles. The summed E-state index contributed by atoms with van der Waals surface area (Å²) in [6, 6.07) is 0.317. The first-order valence-electron chi connectivity index (χ1n) is 4.87. The molecule has 1 aliphatic heterocycles.